The van der Waals surface area contributed by atoms with Crippen LogP contribution >= 0.6 is 11.3 Å². The van der Waals surface area contributed by atoms with Crippen molar-refractivity contribution < 1.29 is 31.1 Å². The molecule has 1 spiro atoms. The second kappa shape index (κ2) is 11.6. The standard InChI is InChI=1S/C28H32F3N5O4S2/c1-4-42(38,39)22-6-5-21(32-16-22)15-33-25(37)23-12-19-11-17(2)40-27(24(19)41-23)7-9-36(10-8-27)18(3)20-13-34-26(35-14-20)28(29,30)31/h5-6,12-14,16-18H,4,7-11,15H2,1-3H3,(H,33,37)/t17?,18-/m0/s1. The van der Waals surface area contributed by atoms with Crippen LogP contribution in [-0.2, 0) is 39.3 Å². The van der Waals surface area contributed by atoms with Crippen molar-refractivity contribution in [2.45, 2.75) is 75.4 Å². The Bertz CT molecular complexity index is 1530. The van der Waals surface area contributed by atoms with Gasteiger partial charge in [-0.05, 0) is 56.9 Å². The van der Waals surface area contributed by atoms with Crippen molar-refractivity contribution in [3.8, 4) is 0 Å². The van der Waals surface area contributed by atoms with Gasteiger partial charge in [-0.3, -0.25) is 14.7 Å². The number of carbonyl (C=O) groups is 1. The van der Waals surface area contributed by atoms with Crippen molar-refractivity contribution in [3.05, 3.63) is 69.2 Å². The summed E-state index contributed by atoms with van der Waals surface area (Å²) in [6.07, 6.45) is 1.22. The molecule has 2 atom stereocenters. The number of sulfone groups is 1. The predicted octanol–water partition coefficient (Wildman–Crippen LogP) is 4.69. The molecule has 0 saturated carbocycles. The molecule has 3 aromatic rings. The fraction of sp³-hybridized carbons (Fsp3) is 0.500. The van der Waals surface area contributed by atoms with Crippen molar-refractivity contribution in [2.75, 3.05) is 18.8 Å². The fourth-order valence-corrected chi connectivity index (χ4v) is 7.64. The Balaban J connectivity index is 1.25. The number of ether oxygens (including phenoxy) is 1. The molecule has 0 aromatic carbocycles. The second-order valence-electron chi connectivity index (χ2n) is 10.7. The van der Waals surface area contributed by atoms with Crippen molar-refractivity contribution in [1.29, 1.82) is 0 Å². The van der Waals surface area contributed by atoms with Crippen molar-refractivity contribution in [1.82, 2.24) is 25.2 Å². The van der Waals surface area contributed by atoms with Gasteiger partial charge in [0, 0.05) is 48.2 Å². The lowest BCUT2D eigenvalue weighted by Crippen LogP contribution is -2.48. The van der Waals surface area contributed by atoms with E-state index in [1.165, 1.54) is 36.0 Å². The van der Waals surface area contributed by atoms with Gasteiger partial charge < -0.3 is 10.1 Å². The van der Waals surface area contributed by atoms with E-state index in [1.807, 2.05) is 19.9 Å². The zero-order chi connectivity index (χ0) is 30.3. The normalized spacial score (nSPS) is 19.8. The summed E-state index contributed by atoms with van der Waals surface area (Å²) in [7, 11) is -3.34. The number of halogens is 3. The molecule has 0 aliphatic carbocycles. The highest BCUT2D eigenvalue weighted by Crippen LogP contribution is 2.48. The number of nitrogens with one attached hydrogen (secondary N) is 1. The third-order valence-electron chi connectivity index (χ3n) is 7.91. The molecule has 1 amide bonds. The number of fused-ring (bicyclic) bond motifs is 2. The molecule has 2 aliphatic heterocycles. The molecule has 2 aliphatic rings. The maximum Gasteiger partial charge on any atom is 0.451 e. The number of nitrogens with zero attached hydrogens (tertiary/aromatic N) is 4. The number of thiophene rings is 1. The highest BCUT2D eigenvalue weighted by atomic mass is 32.2. The minimum absolute atomic E-state index is 0.0111. The smallest absolute Gasteiger partial charge is 0.366 e. The Morgan fingerprint density at radius 1 is 1.19 bits per heavy atom. The van der Waals surface area contributed by atoms with Crippen LogP contribution in [0.2, 0.25) is 0 Å². The van der Waals surface area contributed by atoms with Crippen LogP contribution in [0, 0.1) is 0 Å². The zero-order valence-electron chi connectivity index (χ0n) is 23.4. The third-order valence-corrected chi connectivity index (χ3v) is 11.0. The number of aromatic nitrogens is 3. The first kappa shape index (κ1) is 30.5. The van der Waals surface area contributed by atoms with Gasteiger partial charge in [-0.25, -0.2) is 18.4 Å². The fourth-order valence-electron chi connectivity index (χ4n) is 5.52. The van der Waals surface area contributed by atoms with E-state index >= 15 is 0 Å². The van der Waals surface area contributed by atoms with Gasteiger partial charge in [0.1, 0.15) is 5.60 Å². The largest absolute Gasteiger partial charge is 0.451 e. The quantitative estimate of drug-likeness (QED) is 0.403. The topological polar surface area (TPSA) is 114 Å². The van der Waals surface area contributed by atoms with E-state index in [2.05, 4.69) is 25.2 Å². The highest BCUT2D eigenvalue weighted by molar-refractivity contribution is 7.91. The molecule has 42 heavy (non-hydrogen) atoms. The molecule has 1 N–H and O–H groups in total. The SMILES string of the molecule is CCS(=O)(=O)c1ccc(CNC(=O)c2cc3c(s2)C2(CCN([C@@H](C)c4cnc(C(F)(F)F)nc4)CC2)OC(C)C3)nc1. The molecule has 5 rings (SSSR count). The van der Waals surface area contributed by atoms with Gasteiger partial charge in [-0.15, -0.1) is 11.3 Å². The molecule has 14 heteroatoms. The first-order valence-corrected chi connectivity index (χ1v) is 16.2. The van der Waals surface area contributed by atoms with Gasteiger partial charge in [-0.2, -0.15) is 13.2 Å². The molecule has 226 valence electrons. The van der Waals surface area contributed by atoms with Gasteiger partial charge in [0.25, 0.3) is 5.91 Å². The molecule has 0 bridgehead atoms. The van der Waals surface area contributed by atoms with E-state index in [4.69, 9.17) is 4.74 Å². The maximum atomic E-state index is 13.1. The molecule has 0 radical (unpaired) electrons. The number of amides is 1. The summed E-state index contributed by atoms with van der Waals surface area (Å²) in [5, 5.41) is 2.88. The molecule has 1 fully saturated rings. The van der Waals surface area contributed by atoms with Crippen LogP contribution < -0.4 is 5.32 Å². The van der Waals surface area contributed by atoms with E-state index in [1.54, 1.807) is 13.0 Å². The molecular formula is C28H32F3N5O4S2. The van der Waals surface area contributed by atoms with Crippen LogP contribution in [0.3, 0.4) is 0 Å². The van der Waals surface area contributed by atoms with Crippen molar-refractivity contribution in [3.63, 3.8) is 0 Å². The van der Waals surface area contributed by atoms with Gasteiger partial charge in [0.2, 0.25) is 5.82 Å². The summed E-state index contributed by atoms with van der Waals surface area (Å²) in [5.41, 5.74) is 1.72. The Morgan fingerprint density at radius 2 is 1.88 bits per heavy atom. The third kappa shape index (κ3) is 6.21. The van der Waals surface area contributed by atoms with E-state index in [-0.39, 0.29) is 35.2 Å². The number of likely N-dealkylation sites (tertiary alicyclic amines) is 1. The Kier molecular flexibility index (Phi) is 8.45. The van der Waals surface area contributed by atoms with Crippen molar-refractivity contribution >= 4 is 27.1 Å². The molecule has 1 unspecified atom stereocenters. The van der Waals surface area contributed by atoms with E-state index in [9.17, 15) is 26.4 Å². The van der Waals surface area contributed by atoms with E-state index in [0.717, 1.165) is 10.4 Å². The second-order valence-corrected chi connectivity index (χ2v) is 14.0. The molecule has 1 saturated heterocycles. The number of hydrogen-bond acceptors (Lipinski definition) is 9. The minimum atomic E-state index is -4.58. The van der Waals surface area contributed by atoms with Gasteiger partial charge in [0.05, 0.1) is 33.9 Å². The Morgan fingerprint density at radius 3 is 2.48 bits per heavy atom. The first-order chi connectivity index (χ1) is 19.8. The lowest BCUT2D eigenvalue weighted by atomic mass is 9.83. The summed E-state index contributed by atoms with van der Waals surface area (Å²) in [6.45, 7) is 6.99. The Hall–Kier alpha value is -2.94. The van der Waals surface area contributed by atoms with Crippen LogP contribution in [0.5, 0.6) is 0 Å². The lowest BCUT2D eigenvalue weighted by molar-refractivity contribution is -0.145. The van der Waals surface area contributed by atoms with Crippen molar-refractivity contribution in [2.24, 2.45) is 0 Å². The number of pyridine rings is 1. The zero-order valence-corrected chi connectivity index (χ0v) is 25.1. The summed E-state index contributed by atoms with van der Waals surface area (Å²) >= 11 is 1.42. The van der Waals surface area contributed by atoms with Crippen LogP contribution in [0.1, 0.15) is 76.8 Å². The van der Waals surface area contributed by atoms with Crippen LogP contribution in [0.25, 0.3) is 0 Å². The first-order valence-electron chi connectivity index (χ1n) is 13.7. The number of piperidine rings is 1. The van der Waals surface area contributed by atoms with E-state index in [0.29, 0.717) is 48.5 Å². The van der Waals surface area contributed by atoms with Gasteiger partial charge in [0.15, 0.2) is 9.84 Å². The average Bonchev–Trinajstić information content (AvgIpc) is 3.41. The summed E-state index contributed by atoms with van der Waals surface area (Å²) in [6, 6.07) is 4.85. The van der Waals surface area contributed by atoms with Gasteiger partial charge in [-0.1, -0.05) is 6.92 Å². The van der Waals surface area contributed by atoms with Gasteiger partial charge >= 0.3 is 6.18 Å². The molecular weight excluding hydrogens is 591 g/mol. The average molecular weight is 624 g/mol. The van der Waals surface area contributed by atoms with E-state index < -0.39 is 27.4 Å². The van der Waals surface area contributed by atoms with Crippen LogP contribution in [0.4, 0.5) is 13.2 Å². The number of carbonyl (C=O) groups excluding carboxylic acids is 1. The molecule has 3 aromatic heterocycles. The van der Waals surface area contributed by atoms with Crippen LogP contribution in [-0.4, -0.2) is 59.1 Å². The minimum Gasteiger partial charge on any atom is -0.366 e. The summed E-state index contributed by atoms with van der Waals surface area (Å²) in [5.74, 6) is -1.40. The predicted molar refractivity (Wildman–Crippen MR) is 150 cm³/mol. The maximum absolute atomic E-state index is 13.1. The molecule has 9 nitrogen and oxygen atoms in total. The number of hydrogen-bond donors (Lipinski definition) is 1. The highest BCUT2D eigenvalue weighted by Gasteiger charge is 2.45. The number of alkyl halides is 3. The monoisotopic (exact) mass is 623 g/mol. The summed E-state index contributed by atoms with van der Waals surface area (Å²) < 4.78 is 69.2. The van der Waals surface area contributed by atoms with Crippen LogP contribution in [0.15, 0.2) is 41.7 Å². The number of rotatable bonds is 7. The Labute approximate surface area is 246 Å². The summed E-state index contributed by atoms with van der Waals surface area (Å²) in [4.78, 5) is 28.2. The lowest BCUT2D eigenvalue weighted by Gasteiger charge is -2.47. The molecule has 5 heterocycles.